The third kappa shape index (κ3) is 3.82. The van der Waals surface area contributed by atoms with E-state index in [9.17, 15) is 18.0 Å². The Morgan fingerprint density at radius 1 is 1.39 bits per heavy atom. The van der Waals surface area contributed by atoms with Crippen LogP contribution in [0.15, 0.2) is 24.3 Å². The Labute approximate surface area is 103 Å². The summed E-state index contributed by atoms with van der Waals surface area (Å²) in [4.78, 5) is 11.8. The van der Waals surface area contributed by atoms with E-state index in [0.717, 1.165) is 12.1 Å². The topological polar surface area (TPSA) is 52.3 Å². The van der Waals surface area contributed by atoms with Gasteiger partial charge in [-0.05, 0) is 6.07 Å². The first-order valence-electron chi connectivity index (χ1n) is 5.30. The lowest BCUT2D eigenvalue weighted by Gasteiger charge is -2.14. The number of alkyl halides is 3. The zero-order chi connectivity index (χ0) is 13.8. The fourth-order valence-corrected chi connectivity index (χ4v) is 1.59. The Morgan fingerprint density at radius 2 is 2.00 bits per heavy atom. The fraction of sp³-hybridized carbons (Fsp3) is 0.417. The van der Waals surface area contributed by atoms with Crippen LogP contribution in [0.3, 0.4) is 0 Å². The second-order valence-electron chi connectivity index (χ2n) is 3.89. The highest BCUT2D eigenvalue weighted by atomic mass is 19.4. The average Bonchev–Trinajstić information content (AvgIpc) is 2.28. The minimum Gasteiger partial charge on any atom is -0.383 e. The van der Waals surface area contributed by atoms with Crippen LogP contribution in [0, 0.1) is 0 Å². The van der Waals surface area contributed by atoms with Gasteiger partial charge in [0, 0.05) is 25.1 Å². The van der Waals surface area contributed by atoms with Crippen molar-refractivity contribution in [3.05, 3.63) is 35.4 Å². The SMILES string of the molecule is COCC(N)CC(=O)c1ccccc1C(F)(F)F. The lowest BCUT2D eigenvalue weighted by molar-refractivity contribution is -0.137. The summed E-state index contributed by atoms with van der Waals surface area (Å²) < 4.78 is 42.8. The van der Waals surface area contributed by atoms with Gasteiger partial charge in [-0.25, -0.2) is 0 Å². The molecule has 0 fully saturated rings. The van der Waals surface area contributed by atoms with Gasteiger partial charge in [0.1, 0.15) is 0 Å². The van der Waals surface area contributed by atoms with E-state index in [0.29, 0.717) is 0 Å². The molecule has 0 heterocycles. The summed E-state index contributed by atoms with van der Waals surface area (Å²) in [5.41, 5.74) is 4.27. The van der Waals surface area contributed by atoms with Gasteiger partial charge in [-0.1, -0.05) is 18.2 Å². The van der Waals surface area contributed by atoms with E-state index in [-0.39, 0.29) is 18.6 Å². The highest BCUT2D eigenvalue weighted by Crippen LogP contribution is 2.32. The van der Waals surface area contributed by atoms with Crippen LogP contribution in [0.5, 0.6) is 0 Å². The summed E-state index contributed by atoms with van der Waals surface area (Å²) in [7, 11) is 1.41. The van der Waals surface area contributed by atoms with Crippen LogP contribution >= 0.6 is 0 Å². The maximum absolute atomic E-state index is 12.7. The second-order valence-corrected chi connectivity index (χ2v) is 3.89. The minimum absolute atomic E-state index is 0.125. The number of nitrogens with two attached hydrogens (primary N) is 1. The van der Waals surface area contributed by atoms with Gasteiger partial charge in [0.15, 0.2) is 5.78 Å². The van der Waals surface area contributed by atoms with Crippen LogP contribution in [0.2, 0.25) is 0 Å². The van der Waals surface area contributed by atoms with Gasteiger partial charge in [-0.2, -0.15) is 13.2 Å². The van der Waals surface area contributed by atoms with Crippen molar-refractivity contribution in [2.75, 3.05) is 13.7 Å². The van der Waals surface area contributed by atoms with Crippen LogP contribution in [0.25, 0.3) is 0 Å². The van der Waals surface area contributed by atoms with Gasteiger partial charge in [0.25, 0.3) is 0 Å². The Hall–Kier alpha value is -1.40. The monoisotopic (exact) mass is 261 g/mol. The van der Waals surface area contributed by atoms with Crippen LogP contribution in [0.1, 0.15) is 22.3 Å². The van der Waals surface area contributed by atoms with Crippen LogP contribution in [-0.2, 0) is 10.9 Å². The maximum atomic E-state index is 12.7. The Morgan fingerprint density at radius 3 is 2.56 bits per heavy atom. The molecule has 0 amide bonds. The third-order valence-electron chi connectivity index (χ3n) is 2.36. The number of benzene rings is 1. The normalized spacial score (nSPS) is 13.4. The number of rotatable bonds is 5. The summed E-state index contributed by atoms with van der Waals surface area (Å²) in [6, 6.07) is 4.07. The highest BCUT2D eigenvalue weighted by molar-refractivity contribution is 5.98. The molecule has 1 unspecified atom stereocenters. The molecule has 0 aromatic heterocycles. The molecule has 0 bridgehead atoms. The van der Waals surface area contributed by atoms with Crippen molar-refractivity contribution in [3.8, 4) is 0 Å². The number of halogens is 3. The van der Waals surface area contributed by atoms with Crippen molar-refractivity contribution < 1.29 is 22.7 Å². The number of methoxy groups -OCH3 is 1. The van der Waals surface area contributed by atoms with Gasteiger partial charge in [0.2, 0.25) is 0 Å². The van der Waals surface area contributed by atoms with Crippen molar-refractivity contribution in [3.63, 3.8) is 0 Å². The van der Waals surface area contributed by atoms with E-state index in [4.69, 9.17) is 10.5 Å². The first-order chi connectivity index (χ1) is 8.36. The lowest BCUT2D eigenvalue weighted by atomic mass is 9.99. The number of ketones is 1. The molecule has 1 aromatic rings. The summed E-state index contributed by atoms with van der Waals surface area (Å²) in [6.45, 7) is 0.125. The molecule has 0 saturated carbocycles. The molecule has 2 N–H and O–H groups in total. The smallest absolute Gasteiger partial charge is 0.383 e. The molecular formula is C12H14F3NO2. The third-order valence-corrected chi connectivity index (χ3v) is 2.36. The van der Waals surface area contributed by atoms with E-state index < -0.39 is 23.6 Å². The van der Waals surface area contributed by atoms with Gasteiger partial charge in [-0.3, -0.25) is 4.79 Å². The van der Waals surface area contributed by atoms with Crippen LogP contribution < -0.4 is 5.73 Å². The quantitative estimate of drug-likeness (QED) is 0.827. The van der Waals surface area contributed by atoms with Gasteiger partial charge in [-0.15, -0.1) is 0 Å². The van der Waals surface area contributed by atoms with Gasteiger partial charge >= 0.3 is 6.18 Å². The largest absolute Gasteiger partial charge is 0.417 e. The Balaban J connectivity index is 2.93. The average molecular weight is 261 g/mol. The molecule has 6 heteroatoms. The van der Waals surface area contributed by atoms with Crippen molar-refractivity contribution in [1.29, 1.82) is 0 Å². The lowest BCUT2D eigenvalue weighted by Crippen LogP contribution is -2.29. The summed E-state index contributed by atoms with van der Waals surface area (Å²) in [6.07, 6.45) is -4.72. The first kappa shape index (κ1) is 14.7. The number of Topliss-reactive ketones (excluding diaryl/α,β-unsaturated/α-hetero) is 1. The van der Waals surface area contributed by atoms with Gasteiger partial charge < -0.3 is 10.5 Å². The van der Waals surface area contributed by atoms with E-state index in [1.54, 1.807) is 0 Å². The zero-order valence-corrected chi connectivity index (χ0v) is 9.83. The molecule has 100 valence electrons. The van der Waals surface area contributed by atoms with Crippen molar-refractivity contribution >= 4 is 5.78 Å². The number of ether oxygens (including phenoxy) is 1. The Kier molecular flexibility index (Phi) is 4.86. The van der Waals surface area contributed by atoms with Crippen LogP contribution in [0.4, 0.5) is 13.2 Å². The predicted molar refractivity (Wildman–Crippen MR) is 60.2 cm³/mol. The summed E-state index contributed by atoms with van der Waals surface area (Å²) in [5, 5.41) is 0. The van der Waals surface area contributed by atoms with Crippen molar-refractivity contribution in [2.45, 2.75) is 18.6 Å². The first-order valence-corrected chi connectivity index (χ1v) is 5.30. The number of hydrogen-bond acceptors (Lipinski definition) is 3. The standard InChI is InChI=1S/C12H14F3NO2/c1-18-7-8(16)6-11(17)9-4-2-3-5-10(9)12(13,14)15/h2-5,8H,6-7,16H2,1H3. The van der Waals surface area contributed by atoms with E-state index >= 15 is 0 Å². The van der Waals surface area contributed by atoms with Crippen LogP contribution in [-0.4, -0.2) is 25.5 Å². The molecule has 18 heavy (non-hydrogen) atoms. The zero-order valence-electron chi connectivity index (χ0n) is 9.83. The number of carbonyl (C=O) groups is 1. The second kappa shape index (κ2) is 5.97. The molecule has 1 rings (SSSR count). The maximum Gasteiger partial charge on any atom is 0.417 e. The number of carbonyl (C=O) groups excluding carboxylic acids is 1. The molecule has 0 aliphatic heterocycles. The molecule has 3 nitrogen and oxygen atoms in total. The van der Waals surface area contributed by atoms with Crippen molar-refractivity contribution in [2.24, 2.45) is 5.73 Å². The van der Waals surface area contributed by atoms with E-state index in [2.05, 4.69) is 0 Å². The Bertz CT molecular complexity index is 418. The number of hydrogen-bond donors (Lipinski definition) is 1. The molecule has 0 saturated heterocycles. The highest BCUT2D eigenvalue weighted by Gasteiger charge is 2.34. The minimum atomic E-state index is -4.54. The fourth-order valence-electron chi connectivity index (χ4n) is 1.59. The van der Waals surface area contributed by atoms with Gasteiger partial charge in [0.05, 0.1) is 12.2 Å². The van der Waals surface area contributed by atoms with E-state index in [1.165, 1.54) is 19.2 Å². The molecule has 1 atom stereocenters. The molecule has 0 aliphatic rings. The predicted octanol–water partition coefficient (Wildman–Crippen LogP) is 2.25. The molecular weight excluding hydrogens is 247 g/mol. The molecule has 0 radical (unpaired) electrons. The molecule has 0 aliphatic carbocycles. The summed E-state index contributed by atoms with van der Waals surface area (Å²) >= 11 is 0. The molecule has 0 spiro atoms. The van der Waals surface area contributed by atoms with E-state index in [1.807, 2.05) is 0 Å². The summed E-state index contributed by atoms with van der Waals surface area (Å²) in [5.74, 6) is -0.632. The molecule has 1 aromatic carbocycles. The van der Waals surface area contributed by atoms with Crippen molar-refractivity contribution in [1.82, 2.24) is 0 Å².